The lowest BCUT2D eigenvalue weighted by atomic mass is 10.1. The zero-order chi connectivity index (χ0) is 9.14. The number of amides is 1. The zero-order valence-electron chi connectivity index (χ0n) is 7.72. The molecule has 1 heterocycles. The SMILES string of the molecule is CC(C)C(=O)N1CCC(Br)CC1. The number of carbonyl (C=O) groups excluding carboxylic acids is 1. The number of carbonyl (C=O) groups is 1. The molecule has 1 amide bonds. The van der Waals surface area contributed by atoms with E-state index in [0.29, 0.717) is 10.7 Å². The van der Waals surface area contributed by atoms with E-state index in [1.807, 2.05) is 18.7 Å². The molecule has 0 atom stereocenters. The second-order valence-electron chi connectivity index (χ2n) is 3.65. The molecule has 1 rings (SSSR count). The second-order valence-corrected chi connectivity index (χ2v) is 4.95. The quantitative estimate of drug-likeness (QED) is 0.635. The van der Waals surface area contributed by atoms with E-state index in [-0.39, 0.29) is 5.92 Å². The van der Waals surface area contributed by atoms with Crippen molar-refractivity contribution in [1.29, 1.82) is 0 Å². The summed E-state index contributed by atoms with van der Waals surface area (Å²) in [5, 5.41) is 0. The van der Waals surface area contributed by atoms with Crippen LogP contribution in [0.4, 0.5) is 0 Å². The molecule has 0 bridgehead atoms. The molecule has 0 N–H and O–H groups in total. The minimum Gasteiger partial charge on any atom is -0.342 e. The molecule has 0 saturated carbocycles. The van der Waals surface area contributed by atoms with Gasteiger partial charge in [0.05, 0.1) is 0 Å². The Morgan fingerprint density at radius 3 is 2.33 bits per heavy atom. The van der Waals surface area contributed by atoms with Crippen LogP contribution in [0.3, 0.4) is 0 Å². The van der Waals surface area contributed by atoms with Crippen molar-refractivity contribution in [3.05, 3.63) is 0 Å². The van der Waals surface area contributed by atoms with Crippen LogP contribution in [0.2, 0.25) is 0 Å². The Morgan fingerprint density at radius 2 is 1.92 bits per heavy atom. The minimum absolute atomic E-state index is 0.150. The van der Waals surface area contributed by atoms with E-state index >= 15 is 0 Å². The first kappa shape index (κ1) is 10.0. The number of halogens is 1. The Kier molecular flexibility index (Phi) is 3.56. The van der Waals surface area contributed by atoms with Gasteiger partial charge in [-0.1, -0.05) is 29.8 Å². The van der Waals surface area contributed by atoms with Gasteiger partial charge in [0.1, 0.15) is 0 Å². The Morgan fingerprint density at radius 1 is 1.42 bits per heavy atom. The number of rotatable bonds is 1. The largest absolute Gasteiger partial charge is 0.342 e. The molecule has 12 heavy (non-hydrogen) atoms. The van der Waals surface area contributed by atoms with Crippen molar-refractivity contribution in [2.45, 2.75) is 31.5 Å². The lowest BCUT2D eigenvalue weighted by Crippen LogP contribution is -2.40. The Hall–Kier alpha value is -0.0500. The third-order valence-corrected chi connectivity index (χ3v) is 3.15. The summed E-state index contributed by atoms with van der Waals surface area (Å²) in [4.78, 5) is 14.1. The predicted octanol–water partition coefficient (Wildman–Crippen LogP) is 2.03. The molecule has 70 valence electrons. The highest BCUT2D eigenvalue weighted by Crippen LogP contribution is 2.18. The number of hydrogen-bond donors (Lipinski definition) is 0. The second kappa shape index (κ2) is 4.26. The molecule has 1 aliphatic rings. The van der Waals surface area contributed by atoms with E-state index in [1.165, 1.54) is 0 Å². The Labute approximate surface area is 82.4 Å². The van der Waals surface area contributed by atoms with Crippen LogP contribution in [-0.4, -0.2) is 28.7 Å². The molecular formula is C9H16BrNO. The zero-order valence-corrected chi connectivity index (χ0v) is 9.30. The van der Waals surface area contributed by atoms with Crippen LogP contribution in [0.1, 0.15) is 26.7 Å². The fourth-order valence-electron chi connectivity index (χ4n) is 1.43. The van der Waals surface area contributed by atoms with Gasteiger partial charge in [0.25, 0.3) is 0 Å². The third-order valence-electron chi connectivity index (χ3n) is 2.23. The van der Waals surface area contributed by atoms with Gasteiger partial charge < -0.3 is 4.90 Å². The number of piperidine rings is 1. The fraction of sp³-hybridized carbons (Fsp3) is 0.889. The van der Waals surface area contributed by atoms with Gasteiger partial charge in [-0.2, -0.15) is 0 Å². The molecule has 0 unspecified atom stereocenters. The van der Waals surface area contributed by atoms with Gasteiger partial charge in [-0.3, -0.25) is 4.79 Å². The lowest BCUT2D eigenvalue weighted by Gasteiger charge is -2.30. The smallest absolute Gasteiger partial charge is 0.225 e. The highest BCUT2D eigenvalue weighted by Gasteiger charge is 2.22. The highest BCUT2D eigenvalue weighted by molar-refractivity contribution is 9.09. The van der Waals surface area contributed by atoms with E-state index in [1.54, 1.807) is 0 Å². The van der Waals surface area contributed by atoms with Crippen LogP contribution in [0.25, 0.3) is 0 Å². The molecule has 2 nitrogen and oxygen atoms in total. The molecule has 0 aromatic rings. The van der Waals surface area contributed by atoms with E-state index in [2.05, 4.69) is 15.9 Å². The minimum atomic E-state index is 0.150. The van der Waals surface area contributed by atoms with Gasteiger partial charge in [-0.15, -0.1) is 0 Å². The van der Waals surface area contributed by atoms with Gasteiger partial charge >= 0.3 is 0 Å². The first-order valence-corrected chi connectivity index (χ1v) is 5.45. The number of nitrogens with zero attached hydrogens (tertiary/aromatic N) is 1. The van der Waals surface area contributed by atoms with Gasteiger partial charge in [-0.05, 0) is 12.8 Å². The summed E-state index contributed by atoms with van der Waals surface area (Å²) < 4.78 is 0. The summed E-state index contributed by atoms with van der Waals surface area (Å²) in [6.07, 6.45) is 2.19. The van der Waals surface area contributed by atoms with Crippen molar-refractivity contribution >= 4 is 21.8 Å². The van der Waals surface area contributed by atoms with E-state index in [9.17, 15) is 4.79 Å². The van der Waals surface area contributed by atoms with E-state index in [4.69, 9.17) is 0 Å². The van der Waals surface area contributed by atoms with Crippen LogP contribution in [0.5, 0.6) is 0 Å². The van der Waals surface area contributed by atoms with Gasteiger partial charge in [0.2, 0.25) is 5.91 Å². The lowest BCUT2D eigenvalue weighted by molar-refractivity contribution is -0.135. The Bertz CT molecular complexity index is 162. The molecule has 1 aliphatic heterocycles. The predicted molar refractivity (Wildman–Crippen MR) is 53.4 cm³/mol. The molecule has 1 fully saturated rings. The fourth-order valence-corrected chi connectivity index (χ4v) is 1.84. The molecule has 1 saturated heterocycles. The van der Waals surface area contributed by atoms with Crippen LogP contribution in [0.15, 0.2) is 0 Å². The maximum atomic E-state index is 11.5. The van der Waals surface area contributed by atoms with Crippen molar-refractivity contribution in [2.75, 3.05) is 13.1 Å². The van der Waals surface area contributed by atoms with Crippen molar-refractivity contribution in [1.82, 2.24) is 4.90 Å². The van der Waals surface area contributed by atoms with Crippen LogP contribution in [-0.2, 0) is 4.79 Å². The summed E-state index contributed by atoms with van der Waals surface area (Å²) in [5.41, 5.74) is 0. The van der Waals surface area contributed by atoms with E-state index in [0.717, 1.165) is 25.9 Å². The molecule has 0 aromatic heterocycles. The highest BCUT2D eigenvalue weighted by atomic mass is 79.9. The molecule has 0 radical (unpaired) electrons. The standard InChI is InChI=1S/C9H16BrNO/c1-7(2)9(12)11-5-3-8(10)4-6-11/h7-8H,3-6H2,1-2H3. The maximum Gasteiger partial charge on any atom is 0.225 e. The van der Waals surface area contributed by atoms with E-state index < -0.39 is 0 Å². The molecule has 0 aliphatic carbocycles. The first-order valence-electron chi connectivity index (χ1n) is 4.54. The number of alkyl halides is 1. The molecular weight excluding hydrogens is 218 g/mol. The van der Waals surface area contributed by atoms with Gasteiger partial charge in [-0.25, -0.2) is 0 Å². The third kappa shape index (κ3) is 2.47. The normalized spacial score (nSPS) is 20.2. The average Bonchev–Trinajstić information content (AvgIpc) is 2.04. The summed E-state index contributed by atoms with van der Waals surface area (Å²) >= 11 is 3.56. The van der Waals surface area contributed by atoms with Crippen LogP contribution < -0.4 is 0 Å². The molecule has 3 heteroatoms. The summed E-state index contributed by atoms with van der Waals surface area (Å²) in [5.74, 6) is 0.450. The first-order chi connectivity index (χ1) is 5.61. The van der Waals surface area contributed by atoms with Gasteiger partial charge in [0.15, 0.2) is 0 Å². The van der Waals surface area contributed by atoms with Crippen molar-refractivity contribution in [3.8, 4) is 0 Å². The molecule has 0 spiro atoms. The molecule has 0 aromatic carbocycles. The van der Waals surface area contributed by atoms with Crippen molar-refractivity contribution in [2.24, 2.45) is 5.92 Å². The van der Waals surface area contributed by atoms with Gasteiger partial charge in [0, 0.05) is 23.8 Å². The Balaban J connectivity index is 2.39. The summed E-state index contributed by atoms with van der Waals surface area (Å²) in [6, 6.07) is 0. The summed E-state index contributed by atoms with van der Waals surface area (Å²) in [7, 11) is 0. The van der Waals surface area contributed by atoms with Crippen molar-refractivity contribution < 1.29 is 4.79 Å². The van der Waals surface area contributed by atoms with Crippen LogP contribution in [0, 0.1) is 5.92 Å². The maximum absolute atomic E-state index is 11.5. The van der Waals surface area contributed by atoms with Crippen LogP contribution >= 0.6 is 15.9 Å². The topological polar surface area (TPSA) is 20.3 Å². The summed E-state index contributed by atoms with van der Waals surface area (Å²) in [6.45, 7) is 5.77. The number of hydrogen-bond acceptors (Lipinski definition) is 1. The average molecular weight is 234 g/mol. The van der Waals surface area contributed by atoms with Crippen molar-refractivity contribution in [3.63, 3.8) is 0 Å². The monoisotopic (exact) mass is 233 g/mol. The number of likely N-dealkylation sites (tertiary alicyclic amines) is 1.